The van der Waals surface area contributed by atoms with Crippen molar-refractivity contribution in [3.8, 4) is 0 Å². The minimum absolute atomic E-state index is 0.0670. The summed E-state index contributed by atoms with van der Waals surface area (Å²) in [6.07, 6.45) is -7.60. The van der Waals surface area contributed by atoms with Gasteiger partial charge in [0.15, 0.2) is 5.82 Å². The number of hydrogen-bond donors (Lipinski definition) is 1. The van der Waals surface area contributed by atoms with E-state index in [9.17, 15) is 30.7 Å². The molecule has 13 heteroatoms. The lowest BCUT2D eigenvalue weighted by Crippen LogP contribution is -2.30. The maximum Gasteiger partial charge on any atom is 0.416 e. The fourth-order valence-electron chi connectivity index (χ4n) is 6.18. The van der Waals surface area contributed by atoms with E-state index >= 15 is 0 Å². The maximum atomic E-state index is 13.8. The predicted octanol–water partition coefficient (Wildman–Crippen LogP) is 7.42. The van der Waals surface area contributed by atoms with Gasteiger partial charge in [-0.15, -0.1) is 10.2 Å². The second-order valence-electron chi connectivity index (χ2n) is 11.3. The number of halogens is 7. The molecule has 1 saturated carbocycles. The molecule has 0 radical (unpaired) electrons. The number of nitrogens with one attached hydrogen (secondary N) is 1. The molecule has 1 aliphatic carbocycles. The van der Waals surface area contributed by atoms with Crippen LogP contribution in [0.4, 0.5) is 36.4 Å². The van der Waals surface area contributed by atoms with Crippen LogP contribution >= 0.6 is 0 Å². The molecule has 1 aliphatic rings. The summed E-state index contributed by atoms with van der Waals surface area (Å²) < 4.78 is 100. The van der Waals surface area contributed by atoms with Gasteiger partial charge in [0.25, 0.3) is 0 Å². The Balaban J connectivity index is 1.30. The molecule has 0 unspecified atom stereocenters. The lowest BCUT2D eigenvalue weighted by atomic mass is 9.87. The van der Waals surface area contributed by atoms with E-state index in [-0.39, 0.29) is 48.4 Å². The Morgan fingerprint density at radius 1 is 0.867 bits per heavy atom. The third kappa shape index (κ3) is 8.19. The van der Waals surface area contributed by atoms with Crippen LogP contribution in [0, 0.1) is 11.7 Å². The quantitative estimate of drug-likeness (QED) is 0.174. The zero-order chi connectivity index (χ0) is 32.2. The Morgan fingerprint density at radius 2 is 1.56 bits per heavy atom. The van der Waals surface area contributed by atoms with E-state index in [1.54, 1.807) is 12.1 Å². The van der Waals surface area contributed by atoms with Gasteiger partial charge in [-0.3, -0.25) is 0 Å². The minimum atomic E-state index is -4.92. The summed E-state index contributed by atoms with van der Waals surface area (Å²) in [4.78, 5) is 2.16. The molecule has 0 bridgehead atoms. The second-order valence-corrected chi connectivity index (χ2v) is 11.3. The number of nitrogens with zero attached hydrogens (tertiary/aromatic N) is 4. The first kappa shape index (κ1) is 32.4. The number of ether oxygens (including phenoxy) is 1. The Hall–Kier alpha value is -4.00. The van der Waals surface area contributed by atoms with E-state index in [0.29, 0.717) is 31.6 Å². The molecule has 240 valence electrons. The number of anilines is 1. The van der Waals surface area contributed by atoms with E-state index < -0.39 is 23.5 Å². The van der Waals surface area contributed by atoms with Crippen LogP contribution in [0.5, 0.6) is 0 Å². The summed E-state index contributed by atoms with van der Waals surface area (Å²) >= 11 is 0. The van der Waals surface area contributed by atoms with E-state index in [0.717, 1.165) is 35.4 Å². The maximum absolute atomic E-state index is 13.8. The zero-order valence-corrected chi connectivity index (χ0v) is 24.4. The van der Waals surface area contributed by atoms with E-state index in [2.05, 4.69) is 25.5 Å². The number of tetrazole rings is 1. The number of aromatic amines is 1. The molecular weight excluding hydrogens is 603 g/mol. The topological polar surface area (TPSA) is 66.9 Å². The van der Waals surface area contributed by atoms with Gasteiger partial charge in [0, 0.05) is 31.6 Å². The number of H-pyrrole nitrogens is 1. The van der Waals surface area contributed by atoms with Gasteiger partial charge in [-0.05, 0) is 84.7 Å². The van der Waals surface area contributed by atoms with E-state index in [1.807, 2.05) is 31.3 Å². The average molecular weight is 636 g/mol. The van der Waals surface area contributed by atoms with Crippen LogP contribution in [0.25, 0.3) is 0 Å². The van der Waals surface area contributed by atoms with Crippen LogP contribution in [-0.4, -0.2) is 46.9 Å². The Morgan fingerprint density at radius 3 is 2.20 bits per heavy atom. The van der Waals surface area contributed by atoms with Crippen LogP contribution in [0.1, 0.15) is 52.4 Å². The van der Waals surface area contributed by atoms with Crippen LogP contribution in [-0.2, 0) is 36.4 Å². The monoisotopic (exact) mass is 635 g/mol. The summed E-state index contributed by atoms with van der Waals surface area (Å²) in [6, 6.07) is 15.7. The van der Waals surface area contributed by atoms with Crippen molar-refractivity contribution in [2.75, 3.05) is 25.1 Å². The van der Waals surface area contributed by atoms with Crippen LogP contribution in [0.2, 0.25) is 0 Å². The van der Waals surface area contributed by atoms with Crippen molar-refractivity contribution >= 4 is 5.69 Å². The standard InChI is InChI=1S/C32H32F7N5O/c1-44(27-5-3-2-4-21(27)9-13-29-40-42-43-41-29)19-23-8-12-28(30(23)22-6-10-26(33)11-7-22)45-15-14-20-16-24(31(34,35)36)18-25(17-20)32(37,38)39/h2-7,10-11,16-18,23,28,30H,8-9,12-15,19H2,1H3,(H,40,41,42,43)/t23-,28-,30-/m0/s1. The lowest BCUT2D eigenvalue weighted by Gasteiger charge is -2.31. The first-order valence-electron chi connectivity index (χ1n) is 14.6. The van der Waals surface area contributed by atoms with Gasteiger partial charge in [0.2, 0.25) is 0 Å². The molecule has 1 N–H and O–H groups in total. The molecular formula is C32H32F7N5O. The fourth-order valence-corrected chi connectivity index (χ4v) is 6.18. The average Bonchev–Trinajstić information content (AvgIpc) is 3.66. The van der Waals surface area contributed by atoms with Gasteiger partial charge in [0.1, 0.15) is 5.82 Å². The molecule has 0 saturated heterocycles. The minimum Gasteiger partial charge on any atom is -0.377 e. The Labute approximate surface area is 255 Å². The molecule has 1 aromatic heterocycles. The Kier molecular flexibility index (Phi) is 9.76. The molecule has 45 heavy (non-hydrogen) atoms. The summed E-state index contributed by atoms with van der Waals surface area (Å²) in [7, 11) is 2.00. The number of aromatic nitrogens is 4. The molecule has 0 aliphatic heterocycles. The van der Waals surface area contributed by atoms with Crippen molar-refractivity contribution in [2.45, 2.75) is 56.5 Å². The third-order valence-corrected chi connectivity index (χ3v) is 8.27. The van der Waals surface area contributed by atoms with Gasteiger partial charge in [-0.1, -0.05) is 35.5 Å². The number of hydrogen-bond acceptors (Lipinski definition) is 5. The molecule has 4 aromatic rings. The lowest BCUT2D eigenvalue weighted by molar-refractivity contribution is -0.143. The highest BCUT2D eigenvalue weighted by molar-refractivity contribution is 5.53. The molecule has 0 amide bonds. The summed E-state index contributed by atoms with van der Waals surface area (Å²) in [5.74, 6) is 0.149. The van der Waals surface area contributed by atoms with Crippen molar-refractivity contribution in [3.63, 3.8) is 0 Å². The van der Waals surface area contributed by atoms with Crippen LogP contribution in [0.3, 0.4) is 0 Å². The zero-order valence-electron chi connectivity index (χ0n) is 24.4. The number of alkyl halides is 6. The molecule has 6 nitrogen and oxygen atoms in total. The first-order valence-corrected chi connectivity index (χ1v) is 14.6. The highest BCUT2D eigenvalue weighted by Gasteiger charge is 2.39. The van der Waals surface area contributed by atoms with Crippen LogP contribution < -0.4 is 4.90 Å². The first-order chi connectivity index (χ1) is 21.4. The van der Waals surface area contributed by atoms with Gasteiger partial charge < -0.3 is 9.64 Å². The smallest absolute Gasteiger partial charge is 0.377 e. The number of benzene rings is 3. The van der Waals surface area contributed by atoms with Crippen molar-refractivity contribution in [3.05, 3.63) is 106 Å². The molecule has 3 aromatic carbocycles. The highest BCUT2D eigenvalue weighted by atomic mass is 19.4. The Bertz CT molecular complexity index is 1510. The van der Waals surface area contributed by atoms with Gasteiger partial charge in [0.05, 0.1) is 23.8 Å². The summed E-state index contributed by atoms with van der Waals surface area (Å²) in [6.45, 7) is 0.576. The van der Waals surface area contributed by atoms with E-state index in [1.165, 1.54) is 12.1 Å². The van der Waals surface area contributed by atoms with Crippen molar-refractivity contribution in [1.82, 2.24) is 20.6 Å². The second kappa shape index (κ2) is 13.6. The van der Waals surface area contributed by atoms with Gasteiger partial charge in [-0.25, -0.2) is 4.39 Å². The van der Waals surface area contributed by atoms with Gasteiger partial charge in [-0.2, -0.15) is 31.6 Å². The predicted molar refractivity (Wildman–Crippen MR) is 153 cm³/mol. The molecule has 0 spiro atoms. The summed E-state index contributed by atoms with van der Waals surface area (Å²) in [5.41, 5.74) is 0.195. The number of para-hydroxylation sites is 1. The summed E-state index contributed by atoms with van der Waals surface area (Å²) in [5, 5.41) is 14.1. The van der Waals surface area contributed by atoms with Crippen molar-refractivity contribution in [1.29, 1.82) is 0 Å². The molecule has 1 fully saturated rings. The largest absolute Gasteiger partial charge is 0.416 e. The highest BCUT2D eigenvalue weighted by Crippen LogP contribution is 2.43. The van der Waals surface area contributed by atoms with Gasteiger partial charge >= 0.3 is 12.4 Å². The van der Waals surface area contributed by atoms with Crippen molar-refractivity contribution in [2.24, 2.45) is 5.92 Å². The number of aryl methyl sites for hydroxylation is 2. The SMILES string of the molecule is CN(C[C@@H]1CC[C@H](OCCc2cc(C(F)(F)F)cc(C(F)(F)F)c2)[C@H]1c1ccc(F)cc1)c1ccccc1CCc1nn[nH]n1. The molecule has 5 rings (SSSR count). The third-order valence-electron chi connectivity index (χ3n) is 8.27. The van der Waals surface area contributed by atoms with Crippen LogP contribution in [0.15, 0.2) is 66.7 Å². The molecule has 3 atom stereocenters. The number of rotatable bonds is 11. The van der Waals surface area contributed by atoms with Crippen molar-refractivity contribution < 1.29 is 35.5 Å². The fraction of sp³-hybridized carbons (Fsp3) is 0.406. The molecule has 1 heterocycles. The van der Waals surface area contributed by atoms with E-state index in [4.69, 9.17) is 4.74 Å². The normalized spacial score (nSPS) is 18.8.